The molecule has 0 aliphatic carbocycles. The Bertz CT molecular complexity index is 408. The summed E-state index contributed by atoms with van der Waals surface area (Å²) in [5.41, 5.74) is 0.448. The summed E-state index contributed by atoms with van der Waals surface area (Å²) >= 11 is 1.60. The first kappa shape index (κ1) is 12.6. The minimum absolute atomic E-state index is 0.0198. The van der Waals surface area contributed by atoms with Crippen molar-refractivity contribution in [2.75, 3.05) is 12.4 Å². The molecule has 92 valence electrons. The van der Waals surface area contributed by atoms with E-state index < -0.39 is 0 Å². The highest BCUT2D eigenvalue weighted by atomic mass is 32.2. The molecular formula is C13H15FO2S. The van der Waals surface area contributed by atoms with Gasteiger partial charge in [-0.3, -0.25) is 4.79 Å². The number of hydrogen-bond donors (Lipinski definition) is 0. The van der Waals surface area contributed by atoms with Crippen molar-refractivity contribution in [3.05, 3.63) is 35.6 Å². The fourth-order valence-corrected chi connectivity index (χ4v) is 3.00. The van der Waals surface area contributed by atoms with Crippen LogP contribution in [-0.4, -0.2) is 29.5 Å². The van der Waals surface area contributed by atoms with Crippen LogP contribution in [0.15, 0.2) is 24.3 Å². The first-order valence-corrected chi connectivity index (χ1v) is 6.73. The van der Waals surface area contributed by atoms with Crippen molar-refractivity contribution in [1.29, 1.82) is 0 Å². The maximum Gasteiger partial charge on any atom is 0.172 e. The molecule has 0 radical (unpaired) electrons. The van der Waals surface area contributed by atoms with Crippen molar-refractivity contribution < 1.29 is 13.9 Å². The van der Waals surface area contributed by atoms with Crippen LogP contribution in [-0.2, 0) is 4.74 Å². The summed E-state index contributed by atoms with van der Waals surface area (Å²) in [7, 11) is 0. The van der Waals surface area contributed by atoms with Crippen LogP contribution in [0.2, 0.25) is 0 Å². The smallest absolute Gasteiger partial charge is 0.172 e. The minimum Gasteiger partial charge on any atom is -0.377 e. The molecule has 1 aromatic rings. The van der Waals surface area contributed by atoms with E-state index in [0.29, 0.717) is 16.6 Å². The Balaban J connectivity index is 1.89. The fraction of sp³-hybridized carbons (Fsp3) is 0.462. The zero-order chi connectivity index (χ0) is 12.3. The zero-order valence-corrected chi connectivity index (χ0v) is 10.5. The number of hydrogen-bond acceptors (Lipinski definition) is 3. The normalized spacial score (nSPS) is 23.9. The van der Waals surface area contributed by atoms with E-state index in [4.69, 9.17) is 4.74 Å². The maximum absolute atomic E-state index is 13.0. The van der Waals surface area contributed by atoms with Crippen LogP contribution in [0.1, 0.15) is 23.7 Å². The summed E-state index contributed by atoms with van der Waals surface area (Å²) in [6.45, 7) is 2.80. The Morgan fingerprint density at radius 3 is 3.06 bits per heavy atom. The lowest BCUT2D eigenvalue weighted by atomic mass is 10.1. The van der Waals surface area contributed by atoms with Crippen LogP contribution in [0.25, 0.3) is 0 Å². The van der Waals surface area contributed by atoms with Crippen molar-refractivity contribution in [3.63, 3.8) is 0 Å². The molecule has 1 aliphatic heterocycles. The Labute approximate surface area is 105 Å². The van der Waals surface area contributed by atoms with Gasteiger partial charge in [-0.2, -0.15) is 0 Å². The quantitative estimate of drug-likeness (QED) is 0.773. The molecule has 1 aliphatic rings. The minimum atomic E-state index is -0.363. The number of benzene rings is 1. The van der Waals surface area contributed by atoms with Gasteiger partial charge in [0.05, 0.1) is 11.9 Å². The van der Waals surface area contributed by atoms with Gasteiger partial charge in [-0.1, -0.05) is 12.1 Å². The zero-order valence-electron chi connectivity index (χ0n) is 9.69. The molecule has 1 aromatic carbocycles. The van der Waals surface area contributed by atoms with Gasteiger partial charge < -0.3 is 4.74 Å². The molecule has 2 unspecified atom stereocenters. The highest BCUT2D eigenvalue weighted by molar-refractivity contribution is 8.00. The van der Waals surface area contributed by atoms with E-state index in [1.807, 2.05) is 6.92 Å². The van der Waals surface area contributed by atoms with Crippen LogP contribution in [0.4, 0.5) is 4.39 Å². The molecule has 2 nitrogen and oxygen atoms in total. The van der Waals surface area contributed by atoms with Crippen LogP contribution in [0.3, 0.4) is 0 Å². The van der Waals surface area contributed by atoms with E-state index in [1.54, 1.807) is 23.9 Å². The molecule has 1 fully saturated rings. The highest BCUT2D eigenvalue weighted by Gasteiger charge is 2.25. The lowest BCUT2D eigenvalue weighted by Crippen LogP contribution is -2.16. The van der Waals surface area contributed by atoms with E-state index in [0.717, 1.165) is 13.0 Å². The Kier molecular flexibility index (Phi) is 4.18. The van der Waals surface area contributed by atoms with Crippen molar-refractivity contribution in [3.8, 4) is 0 Å². The average Bonchev–Trinajstić information content (AvgIpc) is 2.72. The van der Waals surface area contributed by atoms with E-state index >= 15 is 0 Å². The van der Waals surface area contributed by atoms with E-state index in [-0.39, 0.29) is 17.7 Å². The van der Waals surface area contributed by atoms with Crippen molar-refractivity contribution in [1.82, 2.24) is 0 Å². The van der Waals surface area contributed by atoms with E-state index in [2.05, 4.69) is 0 Å². The molecule has 0 saturated carbocycles. The lowest BCUT2D eigenvalue weighted by Gasteiger charge is -2.12. The van der Waals surface area contributed by atoms with Gasteiger partial charge in [-0.15, -0.1) is 11.8 Å². The topological polar surface area (TPSA) is 26.3 Å². The summed E-state index contributed by atoms with van der Waals surface area (Å²) in [4.78, 5) is 11.8. The molecule has 0 aromatic heterocycles. The van der Waals surface area contributed by atoms with Gasteiger partial charge >= 0.3 is 0 Å². The number of carbonyl (C=O) groups excluding carboxylic acids is 1. The summed E-state index contributed by atoms with van der Waals surface area (Å²) in [6, 6.07) is 5.85. The van der Waals surface area contributed by atoms with Gasteiger partial charge in [-0.25, -0.2) is 4.39 Å². The van der Waals surface area contributed by atoms with Crippen LogP contribution in [0.5, 0.6) is 0 Å². The van der Waals surface area contributed by atoms with E-state index in [1.165, 1.54) is 12.1 Å². The third-order valence-electron chi connectivity index (χ3n) is 2.88. The lowest BCUT2D eigenvalue weighted by molar-refractivity contribution is 0.102. The molecule has 0 N–H and O–H groups in total. The molecule has 1 saturated heterocycles. The largest absolute Gasteiger partial charge is 0.377 e. The van der Waals surface area contributed by atoms with E-state index in [9.17, 15) is 9.18 Å². The molecular weight excluding hydrogens is 239 g/mol. The number of carbonyl (C=O) groups is 1. The predicted molar refractivity (Wildman–Crippen MR) is 67.0 cm³/mol. The van der Waals surface area contributed by atoms with Gasteiger partial charge in [0.2, 0.25) is 0 Å². The molecule has 0 amide bonds. The number of rotatable bonds is 4. The first-order valence-electron chi connectivity index (χ1n) is 5.69. The number of ether oxygens (including phenoxy) is 1. The molecule has 2 atom stereocenters. The monoisotopic (exact) mass is 254 g/mol. The number of halogens is 1. The van der Waals surface area contributed by atoms with Gasteiger partial charge in [0.1, 0.15) is 5.82 Å². The Morgan fingerprint density at radius 2 is 2.41 bits per heavy atom. The molecule has 4 heteroatoms. The fourth-order valence-electron chi connectivity index (χ4n) is 1.86. The third-order valence-corrected chi connectivity index (χ3v) is 4.36. The molecule has 0 spiro atoms. The third kappa shape index (κ3) is 3.30. The molecule has 0 bridgehead atoms. The predicted octanol–water partition coefficient (Wildman–Crippen LogP) is 2.92. The highest BCUT2D eigenvalue weighted by Crippen LogP contribution is 2.26. The van der Waals surface area contributed by atoms with Gasteiger partial charge in [0, 0.05) is 17.4 Å². The van der Waals surface area contributed by atoms with Gasteiger partial charge in [-0.05, 0) is 25.5 Å². The molecule has 1 heterocycles. The maximum atomic E-state index is 13.0. The number of ketones is 1. The van der Waals surface area contributed by atoms with Crippen LogP contribution >= 0.6 is 11.8 Å². The van der Waals surface area contributed by atoms with Crippen molar-refractivity contribution >= 4 is 17.5 Å². The van der Waals surface area contributed by atoms with Gasteiger partial charge in [0.25, 0.3) is 0 Å². The average molecular weight is 254 g/mol. The SMILES string of the molecule is CC1OCCC1SCC(=O)c1cccc(F)c1. The molecule has 17 heavy (non-hydrogen) atoms. The summed E-state index contributed by atoms with van der Waals surface area (Å²) in [6.07, 6.45) is 1.20. The van der Waals surface area contributed by atoms with Crippen molar-refractivity contribution in [2.45, 2.75) is 24.7 Å². The second-order valence-corrected chi connectivity index (χ2v) is 5.38. The van der Waals surface area contributed by atoms with Crippen LogP contribution < -0.4 is 0 Å². The molecule has 2 rings (SSSR count). The van der Waals surface area contributed by atoms with Gasteiger partial charge in [0.15, 0.2) is 5.78 Å². The second-order valence-electron chi connectivity index (χ2n) is 4.15. The Hall–Kier alpha value is -0.870. The van der Waals surface area contributed by atoms with Crippen molar-refractivity contribution in [2.24, 2.45) is 0 Å². The second kappa shape index (κ2) is 5.65. The summed E-state index contributed by atoms with van der Waals surface area (Å²) in [5.74, 6) is 0.00830. The standard InChI is InChI=1S/C13H15FO2S/c1-9-13(5-6-16-9)17-8-12(15)10-3-2-4-11(14)7-10/h2-4,7,9,13H,5-6,8H2,1H3. The summed E-state index contributed by atoms with van der Waals surface area (Å²) in [5, 5.41) is 0.382. The number of Topliss-reactive ketones (excluding diaryl/α,β-unsaturated/α-hetero) is 1. The first-order chi connectivity index (χ1) is 8.16. The summed E-state index contributed by atoms with van der Waals surface area (Å²) < 4.78 is 18.4. The number of thioether (sulfide) groups is 1. The Morgan fingerprint density at radius 1 is 1.59 bits per heavy atom. The van der Waals surface area contributed by atoms with Crippen LogP contribution in [0, 0.1) is 5.82 Å².